The summed E-state index contributed by atoms with van der Waals surface area (Å²) < 4.78 is 21.5. The highest BCUT2D eigenvalue weighted by Gasteiger charge is 2.43. The molecule has 11 amide bonds. The van der Waals surface area contributed by atoms with E-state index in [-0.39, 0.29) is 37.1 Å². The summed E-state index contributed by atoms with van der Waals surface area (Å²) in [5, 5.41) is 83.8. The van der Waals surface area contributed by atoms with Crippen LogP contribution in [0.1, 0.15) is 157 Å². The van der Waals surface area contributed by atoms with E-state index in [2.05, 4.69) is 93.8 Å². The molecule has 0 saturated heterocycles. The van der Waals surface area contributed by atoms with E-state index in [1.807, 2.05) is 57.2 Å². The molecule has 638 valence electrons. The Balaban J connectivity index is 1.14. The molecule has 0 spiro atoms. The van der Waals surface area contributed by atoms with Crippen LogP contribution in [0, 0.1) is 19.7 Å². The first-order valence-corrected chi connectivity index (χ1v) is 39.0. The number of carbonyl (C=O) groups excluding carboxylic acids is 11. The molecule has 37 nitrogen and oxygen atoms in total. The van der Waals surface area contributed by atoms with Gasteiger partial charge < -0.3 is 89.0 Å². The Kier molecular flexibility index (Phi) is 37.7. The third-order valence-electron chi connectivity index (χ3n) is 19.3. The molecule has 2 aromatic heterocycles. The van der Waals surface area contributed by atoms with Crippen molar-refractivity contribution >= 4 is 70.9 Å². The molecule has 0 saturated carbocycles. The molecule has 0 aliphatic heterocycles. The molecule has 0 bridgehead atoms. The van der Waals surface area contributed by atoms with E-state index in [1.54, 1.807) is 36.8 Å². The SMILES string of the molecule is CCc1cc(OCCCCN=[N+]=[N-])ccc1-c1ccc(C[C@H](NC(=O)[C@H](CC(=O)O)NC(=O)[C@H](CO)NC(=O)[C@@H](NC(=O)[C@](C)(Cc2ccccc2F)NC(=O)[C@@H](NC(=O)CNC(=O)[C@H](Cc2nn[nH]n2)NC(=O)C(C)(C)NC(=O)CCCCCCCc2cnc[nH]2)[C@@H](C)O)[C@@H](C)O)C(=O)N[C@@H](CCCc2cc(C)cc(C)c2)C(N)=O)cc1. The van der Waals surface area contributed by atoms with E-state index in [9.17, 15) is 78.0 Å². The molecule has 18 N–H and O–H groups in total. The molecule has 4 aromatic carbocycles. The second kappa shape index (κ2) is 47.1. The van der Waals surface area contributed by atoms with Gasteiger partial charge >= 0.3 is 5.97 Å². The Labute approximate surface area is 681 Å². The standard InChI is InChI=1S/C80H109FN20O17/c1-9-52-38-56(118-33-18-17-32-87-99-83)30-31-57(52)53-28-26-50(27-29-53)37-60(72(111)88-59(70(82)109)24-19-20-51-35-46(2)34-47(3)36-51)89-73(112)62(40-67(107)108)90-74(113)63(44-102)91-75(114)68(48(4)103)94-78(117)80(8,41-54-21-15-16-23-58(54)81)96-76(115)69(49(5)104)93-66(106)43-85-71(110)61(39-64-97-100-101-98-64)92-77(116)79(6,7)95-65(105)25-14-12-10-11-13-22-55-42-84-45-86-55/h15-16,21,23,26-31,34-36,38,42,45,48-49,59-63,68-69,102-104H,9-14,17-20,22,24-25,32-33,37,39-41,43-44H2,1-8H3,(H2,82,109)(H,84,86)(H,85,110)(H,88,111)(H,89,112)(H,90,113)(H,91,114)(H,92,116)(H,93,106)(H,94,117)(H,95,105)(H,96,115)(H,107,108)(H,97,98,100,101)/t48-,49-,59+,60+,61+,62+,63+,68+,69+,80+/m1/s1. The van der Waals surface area contributed by atoms with Gasteiger partial charge in [0.1, 0.15) is 64.9 Å². The number of aliphatic hydroxyl groups is 3. The van der Waals surface area contributed by atoms with Crippen LogP contribution in [0.5, 0.6) is 5.75 Å². The molecule has 0 fully saturated rings. The Morgan fingerprint density at radius 2 is 1.30 bits per heavy atom. The van der Waals surface area contributed by atoms with Crippen LogP contribution < -0.4 is 63.6 Å². The Morgan fingerprint density at radius 3 is 1.93 bits per heavy atom. The van der Waals surface area contributed by atoms with Gasteiger partial charge in [0, 0.05) is 49.0 Å². The lowest BCUT2D eigenvalue weighted by molar-refractivity contribution is -0.142. The first-order valence-electron chi connectivity index (χ1n) is 39.0. The van der Waals surface area contributed by atoms with E-state index in [4.69, 9.17) is 16.0 Å². The molecular weight excluding hydrogens is 1530 g/mol. The lowest BCUT2D eigenvalue weighted by Crippen LogP contribution is -2.67. The zero-order valence-electron chi connectivity index (χ0n) is 67.5. The molecule has 38 heteroatoms. The highest BCUT2D eigenvalue weighted by Crippen LogP contribution is 2.29. The molecule has 0 radical (unpaired) electrons. The monoisotopic (exact) mass is 1640 g/mol. The van der Waals surface area contributed by atoms with Gasteiger partial charge in [0.25, 0.3) is 0 Å². The van der Waals surface area contributed by atoms with Gasteiger partial charge in [-0.2, -0.15) is 5.21 Å². The fraction of sp³-hybridized carbons (Fsp3) is 0.500. The molecular formula is C80H109FN20O17. The lowest BCUT2D eigenvalue weighted by atomic mass is 9.90. The summed E-state index contributed by atoms with van der Waals surface area (Å²) in [5.41, 5.74) is 17.3. The zero-order chi connectivity index (χ0) is 86.7. The fourth-order valence-corrected chi connectivity index (χ4v) is 12.9. The minimum atomic E-state index is -2.40. The number of aromatic nitrogens is 6. The van der Waals surface area contributed by atoms with Gasteiger partial charge in [-0.05, 0) is 163 Å². The Bertz CT molecular complexity index is 4410. The number of hydrogen-bond acceptors (Lipinski definition) is 21. The van der Waals surface area contributed by atoms with Crippen LogP contribution >= 0.6 is 0 Å². The van der Waals surface area contributed by atoms with Crippen molar-refractivity contribution in [3.05, 3.63) is 159 Å². The molecule has 6 aromatic rings. The number of carbonyl (C=O) groups is 12. The number of carboxylic acids is 1. The van der Waals surface area contributed by atoms with Crippen LogP contribution in [0.25, 0.3) is 21.6 Å². The van der Waals surface area contributed by atoms with Gasteiger partial charge in [-0.15, -0.1) is 10.2 Å². The van der Waals surface area contributed by atoms with Crippen molar-refractivity contribution in [2.24, 2.45) is 10.8 Å². The largest absolute Gasteiger partial charge is 0.494 e. The zero-order valence-corrected chi connectivity index (χ0v) is 67.5. The normalized spacial score (nSPS) is 14.0. The number of benzene rings is 4. The van der Waals surface area contributed by atoms with Crippen molar-refractivity contribution in [1.82, 2.24) is 83.8 Å². The summed E-state index contributed by atoms with van der Waals surface area (Å²) in [6, 6.07) is 10.9. The summed E-state index contributed by atoms with van der Waals surface area (Å²) in [6.45, 7) is 10.4. The van der Waals surface area contributed by atoms with Gasteiger partial charge in [-0.1, -0.05) is 114 Å². The number of aliphatic hydroxyl groups excluding tert-OH is 3. The van der Waals surface area contributed by atoms with Crippen LogP contribution in [0.3, 0.4) is 0 Å². The minimum Gasteiger partial charge on any atom is -0.494 e. The van der Waals surface area contributed by atoms with Crippen LogP contribution in [0.2, 0.25) is 0 Å². The number of unbranched alkanes of at least 4 members (excludes halogenated alkanes) is 5. The molecule has 0 aliphatic carbocycles. The Morgan fingerprint density at radius 1 is 0.653 bits per heavy atom. The predicted molar refractivity (Wildman–Crippen MR) is 428 cm³/mol. The number of halogens is 1. The second-order valence-electron chi connectivity index (χ2n) is 29.8. The van der Waals surface area contributed by atoms with E-state index in [1.165, 1.54) is 32.0 Å². The Hall–Kier alpha value is -12.3. The van der Waals surface area contributed by atoms with Crippen molar-refractivity contribution in [2.45, 2.75) is 230 Å². The van der Waals surface area contributed by atoms with Crippen LogP contribution in [-0.4, -0.2) is 214 Å². The quantitative estimate of drug-likeness (QED) is 0.0112. The maximum atomic E-state index is 15.6. The lowest BCUT2D eigenvalue weighted by Gasteiger charge is -2.34. The van der Waals surface area contributed by atoms with Crippen molar-refractivity contribution in [2.75, 3.05) is 26.3 Å². The van der Waals surface area contributed by atoms with Crippen molar-refractivity contribution in [1.29, 1.82) is 0 Å². The van der Waals surface area contributed by atoms with Gasteiger partial charge in [-0.3, -0.25) is 57.5 Å². The number of nitrogens with two attached hydrogens (primary N) is 1. The number of aliphatic carboxylic acids is 1. The number of aromatic amines is 2. The average Bonchev–Trinajstić information content (AvgIpc) is 1.11. The van der Waals surface area contributed by atoms with Crippen LogP contribution in [-0.2, 0) is 96.1 Å². The van der Waals surface area contributed by atoms with Gasteiger partial charge in [-0.25, -0.2) is 9.37 Å². The number of amides is 11. The number of azide groups is 1. The predicted octanol–water partition coefficient (Wildman–Crippen LogP) is 2.00. The summed E-state index contributed by atoms with van der Waals surface area (Å²) in [5.74, 6) is -13.8. The molecule has 118 heavy (non-hydrogen) atoms. The van der Waals surface area contributed by atoms with Crippen molar-refractivity contribution in [3.63, 3.8) is 0 Å². The van der Waals surface area contributed by atoms with Crippen LogP contribution in [0.15, 0.2) is 103 Å². The highest BCUT2D eigenvalue weighted by atomic mass is 19.1. The molecule has 6 rings (SSSR count). The number of H-pyrrole nitrogens is 2. The molecule has 2 heterocycles. The molecule has 10 atom stereocenters. The number of rotatable bonds is 51. The maximum absolute atomic E-state index is 15.6. The maximum Gasteiger partial charge on any atom is 0.305 e. The number of ether oxygens (including phenoxy) is 1. The second-order valence-corrected chi connectivity index (χ2v) is 29.8. The average molecular weight is 1640 g/mol. The summed E-state index contributed by atoms with van der Waals surface area (Å²) in [7, 11) is 0. The van der Waals surface area contributed by atoms with E-state index in [0.717, 1.165) is 98.0 Å². The number of nitrogens with one attached hydrogen (secondary N) is 12. The topological polar surface area (TPSA) is 573 Å². The third-order valence-corrected chi connectivity index (χ3v) is 19.3. The first-order chi connectivity index (χ1) is 56.1. The highest BCUT2D eigenvalue weighted by molar-refractivity contribution is 6.00. The van der Waals surface area contributed by atoms with Gasteiger partial charge in [0.05, 0.1) is 44.7 Å². The number of aryl methyl sites for hydroxylation is 5. The van der Waals surface area contributed by atoms with Gasteiger partial charge in [0.15, 0.2) is 5.82 Å². The summed E-state index contributed by atoms with van der Waals surface area (Å²) in [6.07, 6.45) is 5.08. The van der Waals surface area contributed by atoms with E-state index >= 15 is 4.39 Å². The first kappa shape index (κ1) is 94.6. The summed E-state index contributed by atoms with van der Waals surface area (Å²) in [4.78, 5) is 176. The van der Waals surface area contributed by atoms with Crippen molar-refractivity contribution in [3.8, 4) is 16.9 Å². The van der Waals surface area contributed by atoms with Gasteiger partial charge in [0.2, 0.25) is 65.0 Å². The number of hydrogen-bond donors (Lipinski definition) is 17. The molecule has 0 unspecified atom stereocenters. The third kappa shape index (κ3) is 31.1. The summed E-state index contributed by atoms with van der Waals surface area (Å²) >= 11 is 0. The van der Waals surface area contributed by atoms with Crippen LogP contribution in [0.4, 0.5) is 4.39 Å². The number of imidazole rings is 1. The number of carboxylic acid groups (broad SMARTS) is 1. The number of tetrazole rings is 1. The van der Waals surface area contributed by atoms with Crippen molar-refractivity contribution < 1.29 is 87.1 Å². The number of primary amides is 1. The minimum absolute atomic E-state index is 0.0404. The molecule has 0 aliphatic rings. The smallest absolute Gasteiger partial charge is 0.305 e. The van der Waals surface area contributed by atoms with E-state index in [0.29, 0.717) is 63.0 Å². The fourth-order valence-electron chi connectivity index (χ4n) is 12.9. The van der Waals surface area contributed by atoms with E-state index < -0.39 is 168 Å². The number of nitrogens with zero attached hydrogens (tertiary/aromatic N) is 7.